The number of hydrogen-bond donors (Lipinski definition) is 2. The number of nitrogens with one attached hydrogen (secondary N) is 1. The number of carboxylic acid groups (broad SMARTS) is 1. The first-order chi connectivity index (χ1) is 8.79. The number of piperidine rings is 1. The summed E-state index contributed by atoms with van der Waals surface area (Å²) in [5, 5.41) is 9.14. The highest BCUT2D eigenvalue weighted by molar-refractivity contribution is 7.87. The summed E-state index contributed by atoms with van der Waals surface area (Å²) in [4.78, 5) is 11.2. The van der Waals surface area contributed by atoms with E-state index in [2.05, 4.69) is 4.72 Å². The molecule has 0 spiro atoms. The van der Waals surface area contributed by atoms with Gasteiger partial charge in [0.25, 0.3) is 10.2 Å². The van der Waals surface area contributed by atoms with Crippen molar-refractivity contribution in [2.45, 2.75) is 58.5 Å². The van der Waals surface area contributed by atoms with Crippen LogP contribution in [0.15, 0.2) is 0 Å². The molecule has 0 aliphatic carbocycles. The molecule has 2 unspecified atom stereocenters. The highest BCUT2D eigenvalue weighted by Gasteiger charge is 2.37. The summed E-state index contributed by atoms with van der Waals surface area (Å²) < 4.78 is 28.4. The molecular formula is C12H24N2O4S. The van der Waals surface area contributed by atoms with E-state index >= 15 is 0 Å². The summed E-state index contributed by atoms with van der Waals surface area (Å²) in [6.07, 6.45) is 2.53. The van der Waals surface area contributed by atoms with Crippen molar-refractivity contribution in [1.29, 1.82) is 0 Å². The van der Waals surface area contributed by atoms with Gasteiger partial charge in [0.1, 0.15) is 6.04 Å². The van der Waals surface area contributed by atoms with Crippen molar-refractivity contribution >= 4 is 16.2 Å². The molecule has 2 N–H and O–H groups in total. The number of hydrogen-bond acceptors (Lipinski definition) is 3. The Balaban J connectivity index is 2.87. The smallest absolute Gasteiger partial charge is 0.322 e. The van der Waals surface area contributed by atoms with Crippen LogP contribution in [0.3, 0.4) is 0 Å². The predicted molar refractivity (Wildman–Crippen MR) is 73.0 cm³/mol. The second-order valence-electron chi connectivity index (χ2n) is 5.34. The molecule has 1 heterocycles. The quantitative estimate of drug-likeness (QED) is 0.770. The topological polar surface area (TPSA) is 86.7 Å². The first kappa shape index (κ1) is 16.4. The van der Waals surface area contributed by atoms with Crippen LogP contribution < -0.4 is 4.72 Å². The lowest BCUT2D eigenvalue weighted by atomic mass is 10.0. The van der Waals surface area contributed by atoms with Gasteiger partial charge < -0.3 is 5.11 Å². The van der Waals surface area contributed by atoms with Crippen LogP contribution in [-0.4, -0.2) is 42.4 Å². The van der Waals surface area contributed by atoms with Gasteiger partial charge in [0.05, 0.1) is 0 Å². The molecule has 19 heavy (non-hydrogen) atoms. The van der Waals surface area contributed by atoms with Gasteiger partial charge in [-0.25, -0.2) is 0 Å². The van der Waals surface area contributed by atoms with Gasteiger partial charge in [-0.3, -0.25) is 4.79 Å². The second-order valence-corrected chi connectivity index (χ2v) is 7.00. The lowest BCUT2D eigenvalue weighted by molar-refractivity contribution is -0.142. The summed E-state index contributed by atoms with van der Waals surface area (Å²) in [5.74, 6) is -0.893. The Kier molecular flexibility index (Phi) is 5.76. The Labute approximate surface area is 115 Å². The van der Waals surface area contributed by atoms with Crippen molar-refractivity contribution in [2.75, 3.05) is 6.54 Å². The SMILES string of the molecule is CCC(NS(=O)(=O)N1CCCCC1C(=O)O)C(C)C. The van der Waals surface area contributed by atoms with Crippen molar-refractivity contribution in [2.24, 2.45) is 5.92 Å². The monoisotopic (exact) mass is 292 g/mol. The molecule has 1 aliphatic rings. The average molecular weight is 292 g/mol. The van der Waals surface area contributed by atoms with Crippen LogP contribution in [-0.2, 0) is 15.0 Å². The lowest BCUT2D eigenvalue weighted by Crippen LogP contribution is -2.54. The molecule has 0 aromatic rings. The van der Waals surface area contributed by atoms with E-state index < -0.39 is 22.2 Å². The molecule has 0 aromatic heterocycles. The third-order valence-electron chi connectivity index (χ3n) is 3.59. The normalized spacial score (nSPS) is 23.5. The fourth-order valence-corrected chi connectivity index (χ4v) is 4.25. The minimum Gasteiger partial charge on any atom is -0.480 e. The zero-order valence-corrected chi connectivity index (χ0v) is 12.6. The Morgan fingerprint density at radius 3 is 2.53 bits per heavy atom. The summed E-state index contributed by atoms with van der Waals surface area (Å²) in [6.45, 7) is 6.09. The molecule has 1 saturated heterocycles. The highest BCUT2D eigenvalue weighted by atomic mass is 32.2. The molecule has 112 valence electrons. The number of nitrogens with zero attached hydrogens (tertiary/aromatic N) is 1. The maximum Gasteiger partial charge on any atom is 0.322 e. The Morgan fingerprint density at radius 1 is 1.42 bits per heavy atom. The molecule has 6 nitrogen and oxygen atoms in total. The molecule has 0 amide bonds. The molecule has 0 radical (unpaired) electrons. The van der Waals surface area contributed by atoms with Crippen LogP contribution in [0.2, 0.25) is 0 Å². The van der Waals surface area contributed by atoms with Gasteiger partial charge in [0.2, 0.25) is 0 Å². The standard InChI is InChI=1S/C12H24N2O4S/c1-4-10(9(2)3)13-19(17,18)14-8-6-5-7-11(14)12(15)16/h9-11,13H,4-8H2,1-3H3,(H,15,16). The van der Waals surface area contributed by atoms with Crippen LogP contribution in [0.4, 0.5) is 0 Å². The maximum atomic E-state index is 12.3. The van der Waals surface area contributed by atoms with E-state index in [9.17, 15) is 13.2 Å². The summed E-state index contributed by atoms with van der Waals surface area (Å²) in [7, 11) is -3.73. The van der Waals surface area contributed by atoms with E-state index in [4.69, 9.17) is 5.11 Å². The van der Waals surface area contributed by atoms with Crippen LogP contribution in [0.25, 0.3) is 0 Å². The van der Waals surface area contributed by atoms with Gasteiger partial charge in [-0.15, -0.1) is 0 Å². The Hall–Kier alpha value is -0.660. The van der Waals surface area contributed by atoms with E-state index in [1.54, 1.807) is 0 Å². The molecule has 0 aromatic carbocycles. The maximum absolute atomic E-state index is 12.3. The van der Waals surface area contributed by atoms with Crippen molar-refractivity contribution < 1.29 is 18.3 Å². The summed E-state index contributed by atoms with van der Waals surface area (Å²) in [5.41, 5.74) is 0. The molecule has 1 fully saturated rings. The van der Waals surface area contributed by atoms with E-state index in [1.807, 2.05) is 20.8 Å². The third kappa shape index (κ3) is 4.15. The molecular weight excluding hydrogens is 268 g/mol. The van der Waals surface area contributed by atoms with E-state index in [0.717, 1.165) is 10.7 Å². The number of aliphatic carboxylic acids is 1. The van der Waals surface area contributed by atoms with Gasteiger partial charge in [0, 0.05) is 12.6 Å². The van der Waals surface area contributed by atoms with Gasteiger partial charge in [-0.2, -0.15) is 17.4 Å². The third-order valence-corrected chi connectivity index (χ3v) is 5.25. The zero-order valence-electron chi connectivity index (χ0n) is 11.8. The first-order valence-corrected chi connectivity index (χ1v) is 8.25. The average Bonchev–Trinajstić information content (AvgIpc) is 2.35. The van der Waals surface area contributed by atoms with Crippen LogP contribution in [0.5, 0.6) is 0 Å². The van der Waals surface area contributed by atoms with Gasteiger partial charge in [0.15, 0.2) is 0 Å². The van der Waals surface area contributed by atoms with Gasteiger partial charge in [-0.1, -0.05) is 20.8 Å². The summed E-state index contributed by atoms with van der Waals surface area (Å²) in [6, 6.07) is -1.10. The molecule has 2 atom stereocenters. The van der Waals surface area contributed by atoms with Crippen molar-refractivity contribution in [3.63, 3.8) is 0 Å². The van der Waals surface area contributed by atoms with Crippen LogP contribution in [0, 0.1) is 5.92 Å². The zero-order chi connectivity index (χ0) is 14.6. The highest BCUT2D eigenvalue weighted by Crippen LogP contribution is 2.21. The van der Waals surface area contributed by atoms with Crippen molar-refractivity contribution in [3.8, 4) is 0 Å². The number of carbonyl (C=O) groups is 1. The number of rotatable bonds is 6. The largest absolute Gasteiger partial charge is 0.480 e. The minimum atomic E-state index is -3.73. The van der Waals surface area contributed by atoms with Gasteiger partial charge in [-0.05, 0) is 31.6 Å². The molecule has 7 heteroatoms. The summed E-state index contributed by atoms with van der Waals surface area (Å²) >= 11 is 0. The van der Waals surface area contributed by atoms with Gasteiger partial charge >= 0.3 is 5.97 Å². The Bertz CT molecular complexity index is 408. The van der Waals surface area contributed by atoms with Crippen LogP contribution in [0.1, 0.15) is 46.5 Å². The lowest BCUT2D eigenvalue weighted by Gasteiger charge is -2.33. The molecule has 1 aliphatic heterocycles. The van der Waals surface area contributed by atoms with Crippen LogP contribution >= 0.6 is 0 Å². The van der Waals surface area contributed by atoms with E-state index in [1.165, 1.54) is 0 Å². The Morgan fingerprint density at radius 2 is 2.05 bits per heavy atom. The number of carboxylic acids is 1. The molecule has 0 saturated carbocycles. The van der Waals surface area contributed by atoms with Crippen molar-refractivity contribution in [1.82, 2.24) is 9.03 Å². The van der Waals surface area contributed by atoms with Crippen molar-refractivity contribution in [3.05, 3.63) is 0 Å². The fraction of sp³-hybridized carbons (Fsp3) is 0.917. The van der Waals surface area contributed by atoms with E-state index in [-0.39, 0.29) is 18.5 Å². The molecule has 1 rings (SSSR count). The minimum absolute atomic E-state index is 0.165. The first-order valence-electron chi connectivity index (χ1n) is 6.81. The molecule has 0 bridgehead atoms. The predicted octanol–water partition coefficient (Wildman–Crippen LogP) is 1.19. The van der Waals surface area contributed by atoms with E-state index in [0.29, 0.717) is 19.3 Å². The second kappa shape index (κ2) is 6.67. The fourth-order valence-electron chi connectivity index (χ4n) is 2.39.